The van der Waals surface area contributed by atoms with Gasteiger partial charge in [-0.3, -0.25) is 0 Å². The summed E-state index contributed by atoms with van der Waals surface area (Å²) in [5, 5.41) is 15.8. The first-order valence-corrected chi connectivity index (χ1v) is 8.34. The van der Waals surface area contributed by atoms with Crippen LogP contribution in [0.25, 0.3) is 0 Å². The van der Waals surface area contributed by atoms with Crippen molar-refractivity contribution in [2.24, 2.45) is 5.92 Å². The van der Waals surface area contributed by atoms with Crippen LogP contribution in [-0.4, -0.2) is 27.7 Å². The Morgan fingerprint density at radius 1 is 1.25 bits per heavy atom. The number of aliphatic hydroxyl groups is 1. The Labute approximate surface area is 141 Å². The van der Waals surface area contributed by atoms with Gasteiger partial charge in [-0.1, -0.05) is 19.9 Å². The van der Waals surface area contributed by atoms with Crippen molar-refractivity contribution >= 4 is 17.5 Å². The Morgan fingerprint density at radius 3 is 2.67 bits per heavy atom. The molecule has 0 saturated heterocycles. The first kappa shape index (κ1) is 16.6. The number of aliphatic hydroxyl groups excluding tert-OH is 1. The van der Waals surface area contributed by atoms with Gasteiger partial charge in [0.2, 0.25) is 5.95 Å². The van der Waals surface area contributed by atoms with Gasteiger partial charge in [0, 0.05) is 17.7 Å². The topological polar surface area (TPSA) is 70.1 Å². The van der Waals surface area contributed by atoms with Gasteiger partial charge in [0.25, 0.3) is 0 Å². The van der Waals surface area contributed by atoms with Crippen molar-refractivity contribution < 1.29 is 9.50 Å². The maximum absolute atomic E-state index is 13.4. The summed E-state index contributed by atoms with van der Waals surface area (Å²) < 4.78 is 13.4. The summed E-state index contributed by atoms with van der Waals surface area (Å²) in [6.07, 6.45) is 2.26. The zero-order valence-electron chi connectivity index (χ0n) is 14.0. The fourth-order valence-corrected chi connectivity index (χ4v) is 2.49. The van der Waals surface area contributed by atoms with Crippen molar-refractivity contribution in [3.63, 3.8) is 0 Å². The number of rotatable bonds is 7. The summed E-state index contributed by atoms with van der Waals surface area (Å²) in [6.45, 7) is 4.08. The quantitative estimate of drug-likeness (QED) is 0.723. The number of benzene rings is 1. The van der Waals surface area contributed by atoms with E-state index in [0.29, 0.717) is 23.4 Å². The van der Waals surface area contributed by atoms with Gasteiger partial charge in [-0.05, 0) is 37.0 Å². The molecule has 3 rings (SSSR count). The van der Waals surface area contributed by atoms with Gasteiger partial charge in [0.15, 0.2) is 0 Å². The lowest BCUT2D eigenvalue weighted by atomic mass is 10.1. The Morgan fingerprint density at radius 2 is 2.04 bits per heavy atom. The van der Waals surface area contributed by atoms with Crippen LogP contribution in [-0.2, 0) is 0 Å². The van der Waals surface area contributed by atoms with E-state index in [0.717, 1.165) is 18.5 Å². The first-order valence-electron chi connectivity index (χ1n) is 8.34. The molecule has 1 aromatic heterocycles. The molecule has 0 spiro atoms. The average Bonchev–Trinajstić information content (AvgIpc) is 3.37. The standard InChI is InChI=1S/C18H23FN4O/c1-11(2)16(10-24)22-18-21-15(12-6-7-12)9-17(23-18)20-14-5-3-4-13(19)8-14/h3-5,8-9,11-12,16,24H,6-7,10H2,1-2H3,(H2,20,21,22,23)/t16-/m1/s1. The van der Waals surface area contributed by atoms with Crippen molar-refractivity contribution in [3.05, 3.63) is 41.8 Å². The summed E-state index contributed by atoms with van der Waals surface area (Å²) >= 11 is 0. The Bertz CT molecular complexity index is 703. The number of halogens is 1. The van der Waals surface area contributed by atoms with E-state index < -0.39 is 0 Å². The average molecular weight is 330 g/mol. The molecule has 3 N–H and O–H groups in total. The lowest BCUT2D eigenvalue weighted by Crippen LogP contribution is -2.30. The highest BCUT2D eigenvalue weighted by atomic mass is 19.1. The molecular formula is C18H23FN4O. The number of nitrogens with one attached hydrogen (secondary N) is 2. The molecule has 0 radical (unpaired) electrons. The number of hydrogen-bond donors (Lipinski definition) is 3. The van der Waals surface area contributed by atoms with Crippen LogP contribution < -0.4 is 10.6 Å². The largest absolute Gasteiger partial charge is 0.394 e. The number of aromatic nitrogens is 2. The summed E-state index contributed by atoms with van der Waals surface area (Å²) in [5.41, 5.74) is 1.62. The van der Waals surface area contributed by atoms with Crippen LogP contribution >= 0.6 is 0 Å². The number of hydrogen-bond acceptors (Lipinski definition) is 5. The molecule has 1 atom stereocenters. The fraction of sp³-hybridized carbons (Fsp3) is 0.444. The third-order valence-electron chi connectivity index (χ3n) is 4.15. The molecule has 0 bridgehead atoms. The molecular weight excluding hydrogens is 307 g/mol. The maximum atomic E-state index is 13.4. The molecule has 1 heterocycles. The molecule has 1 aliphatic rings. The minimum atomic E-state index is -0.296. The van der Waals surface area contributed by atoms with Gasteiger partial charge in [-0.15, -0.1) is 0 Å². The Hall–Kier alpha value is -2.21. The highest BCUT2D eigenvalue weighted by Gasteiger charge is 2.26. The molecule has 1 saturated carbocycles. The van der Waals surface area contributed by atoms with Gasteiger partial charge >= 0.3 is 0 Å². The second-order valence-electron chi connectivity index (χ2n) is 6.59. The van der Waals surface area contributed by atoms with E-state index in [1.54, 1.807) is 12.1 Å². The molecule has 6 heteroatoms. The second kappa shape index (κ2) is 7.13. The van der Waals surface area contributed by atoms with Crippen molar-refractivity contribution in [1.29, 1.82) is 0 Å². The third-order valence-corrected chi connectivity index (χ3v) is 4.15. The van der Waals surface area contributed by atoms with Crippen LogP contribution in [0.15, 0.2) is 30.3 Å². The monoisotopic (exact) mass is 330 g/mol. The van der Waals surface area contributed by atoms with Crippen LogP contribution in [0.4, 0.5) is 21.8 Å². The highest BCUT2D eigenvalue weighted by molar-refractivity contribution is 5.58. The molecule has 1 aliphatic carbocycles. The van der Waals surface area contributed by atoms with Crippen molar-refractivity contribution in [3.8, 4) is 0 Å². The predicted octanol–water partition coefficient (Wildman–Crippen LogP) is 3.67. The summed E-state index contributed by atoms with van der Waals surface area (Å²) in [4.78, 5) is 9.05. The molecule has 1 aromatic carbocycles. The SMILES string of the molecule is CC(C)[C@@H](CO)Nc1nc(Nc2cccc(F)c2)cc(C2CC2)n1. The van der Waals surface area contributed by atoms with Gasteiger partial charge in [0.05, 0.1) is 18.3 Å². The van der Waals surface area contributed by atoms with Crippen LogP contribution in [0.1, 0.15) is 38.3 Å². The van der Waals surface area contributed by atoms with E-state index in [9.17, 15) is 9.50 Å². The number of nitrogens with zero attached hydrogens (tertiary/aromatic N) is 2. The molecule has 1 fully saturated rings. The third kappa shape index (κ3) is 4.20. The zero-order valence-corrected chi connectivity index (χ0v) is 14.0. The van der Waals surface area contributed by atoms with Crippen LogP contribution in [0.2, 0.25) is 0 Å². The normalized spacial score (nSPS) is 15.4. The molecule has 2 aromatic rings. The van der Waals surface area contributed by atoms with E-state index in [1.807, 2.05) is 19.9 Å². The lowest BCUT2D eigenvalue weighted by Gasteiger charge is -2.20. The van der Waals surface area contributed by atoms with E-state index in [1.165, 1.54) is 12.1 Å². The molecule has 0 amide bonds. The van der Waals surface area contributed by atoms with Crippen LogP contribution in [0, 0.1) is 11.7 Å². The highest BCUT2D eigenvalue weighted by Crippen LogP contribution is 2.40. The molecule has 128 valence electrons. The zero-order chi connectivity index (χ0) is 17.1. The van der Waals surface area contributed by atoms with E-state index in [4.69, 9.17) is 0 Å². The van der Waals surface area contributed by atoms with Gasteiger partial charge in [0.1, 0.15) is 11.6 Å². The van der Waals surface area contributed by atoms with Crippen molar-refractivity contribution in [1.82, 2.24) is 9.97 Å². The smallest absolute Gasteiger partial charge is 0.225 e. The number of anilines is 3. The van der Waals surface area contributed by atoms with Gasteiger partial charge in [-0.2, -0.15) is 4.98 Å². The van der Waals surface area contributed by atoms with Gasteiger partial charge in [-0.25, -0.2) is 9.37 Å². The van der Waals surface area contributed by atoms with Gasteiger partial charge < -0.3 is 15.7 Å². The summed E-state index contributed by atoms with van der Waals surface area (Å²) in [6, 6.07) is 8.08. The maximum Gasteiger partial charge on any atom is 0.225 e. The first-order chi connectivity index (χ1) is 11.5. The molecule has 0 aliphatic heterocycles. The van der Waals surface area contributed by atoms with E-state index in [-0.39, 0.29) is 24.4 Å². The summed E-state index contributed by atoms with van der Waals surface area (Å²) in [7, 11) is 0. The predicted molar refractivity (Wildman–Crippen MR) is 93.0 cm³/mol. The molecule has 5 nitrogen and oxygen atoms in total. The lowest BCUT2D eigenvalue weighted by molar-refractivity contribution is 0.248. The van der Waals surface area contributed by atoms with E-state index >= 15 is 0 Å². The Kier molecular flexibility index (Phi) is 4.94. The van der Waals surface area contributed by atoms with Crippen molar-refractivity contribution in [2.75, 3.05) is 17.2 Å². The summed E-state index contributed by atoms with van der Waals surface area (Å²) in [5.74, 6) is 1.54. The molecule has 0 unspecified atom stereocenters. The Balaban J connectivity index is 1.85. The minimum absolute atomic E-state index is 0.0152. The van der Waals surface area contributed by atoms with Crippen molar-refractivity contribution in [2.45, 2.75) is 38.6 Å². The fourth-order valence-electron chi connectivity index (χ4n) is 2.49. The minimum Gasteiger partial charge on any atom is -0.394 e. The van der Waals surface area contributed by atoms with Crippen LogP contribution in [0.3, 0.4) is 0 Å². The second-order valence-corrected chi connectivity index (χ2v) is 6.59. The molecule has 24 heavy (non-hydrogen) atoms. The van der Waals surface area contributed by atoms with Crippen LogP contribution in [0.5, 0.6) is 0 Å². The van der Waals surface area contributed by atoms with E-state index in [2.05, 4.69) is 20.6 Å².